The molecule has 2 aromatic rings. The molecule has 0 fully saturated rings. The van der Waals surface area contributed by atoms with Crippen LogP contribution in [-0.2, 0) is 6.42 Å². The molecule has 20 heavy (non-hydrogen) atoms. The minimum absolute atomic E-state index is 0.0799. The van der Waals surface area contributed by atoms with Crippen molar-refractivity contribution in [3.05, 3.63) is 33.3 Å². The molecule has 106 valence electrons. The molecule has 0 bridgehead atoms. The maximum Gasteiger partial charge on any atom is 0.311 e. The van der Waals surface area contributed by atoms with Gasteiger partial charge >= 0.3 is 5.69 Å². The van der Waals surface area contributed by atoms with Crippen molar-refractivity contribution in [3.63, 3.8) is 0 Å². The van der Waals surface area contributed by atoms with E-state index in [-0.39, 0.29) is 11.4 Å². The van der Waals surface area contributed by atoms with Crippen LogP contribution in [0.4, 0.5) is 5.69 Å². The first-order valence-electron chi connectivity index (χ1n) is 6.01. The predicted molar refractivity (Wildman–Crippen MR) is 75.9 cm³/mol. The van der Waals surface area contributed by atoms with Gasteiger partial charge in [0.15, 0.2) is 5.75 Å². The minimum Gasteiger partial charge on any atom is -0.490 e. The lowest BCUT2D eigenvalue weighted by molar-refractivity contribution is -0.385. The molecule has 0 aliphatic rings. The van der Waals surface area contributed by atoms with Crippen LogP contribution in [-0.4, -0.2) is 28.8 Å². The van der Waals surface area contributed by atoms with E-state index in [2.05, 4.69) is 10.2 Å². The third-order valence-corrected chi connectivity index (χ3v) is 3.72. The Hall–Kier alpha value is -2.06. The molecular formula is C12H14N4O3S. The summed E-state index contributed by atoms with van der Waals surface area (Å²) in [5, 5.41) is 20.6. The molecule has 0 aliphatic heterocycles. The van der Waals surface area contributed by atoms with Crippen molar-refractivity contribution >= 4 is 17.0 Å². The Bertz CT molecular complexity index is 614. The summed E-state index contributed by atoms with van der Waals surface area (Å²) in [5.74, 6) is 0.228. The van der Waals surface area contributed by atoms with Crippen LogP contribution >= 0.6 is 11.3 Å². The molecule has 1 aromatic carbocycles. The zero-order chi connectivity index (χ0) is 14.5. The number of ether oxygens (including phenoxy) is 1. The fourth-order valence-corrected chi connectivity index (χ4v) is 2.57. The van der Waals surface area contributed by atoms with Gasteiger partial charge in [-0.25, -0.2) is 0 Å². The predicted octanol–water partition coefficient (Wildman–Crippen LogP) is 2.01. The number of nitrogens with two attached hydrogens (primary N) is 1. The van der Waals surface area contributed by atoms with Crippen molar-refractivity contribution in [2.24, 2.45) is 5.73 Å². The quantitative estimate of drug-likeness (QED) is 0.645. The number of rotatable bonds is 6. The number of hydrogen-bond donors (Lipinski definition) is 1. The second-order valence-corrected chi connectivity index (χ2v) is 5.10. The Morgan fingerprint density at radius 2 is 2.25 bits per heavy atom. The average molecular weight is 294 g/mol. The highest BCUT2D eigenvalue weighted by Gasteiger charge is 2.17. The number of nitro benzene ring substituents is 1. The van der Waals surface area contributed by atoms with E-state index >= 15 is 0 Å². The summed E-state index contributed by atoms with van der Waals surface area (Å²) in [6, 6.07) is 4.75. The van der Waals surface area contributed by atoms with Crippen LogP contribution in [0.15, 0.2) is 18.2 Å². The fraction of sp³-hybridized carbons (Fsp3) is 0.333. The van der Waals surface area contributed by atoms with Gasteiger partial charge in [-0.1, -0.05) is 11.3 Å². The molecule has 0 atom stereocenters. The second-order valence-electron chi connectivity index (χ2n) is 4.04. The van der Waals surface area contributed by atoms with Crippen molar-refractivity contribution in [2.45, 2.75) is 12.8 Å². The summed E-state index contributed by atoms with van der Waals surface area (Å²) in [6.45, 7) is 0.600. The van der Waals surface area contributed by atoms with Crippen molar-refractivity contribution in [1.82, 2.24) is 10.2 Å². The van der Waals surface area contributed by atoms with Crippen LogP contribution < -0.4 is 10.5 Å². The summed E-state index contributed by atoms with van der Waals surface area (Å²) in [5.41, 5.74) is 6.03. The summed E-state index contributed by atoms with van der Waals surface area (Å²) >= 11 is 1.42. The van der Waals surface area contributed by atoms with Crippen LogP contribution in [0.2, 0.25) is 0 Å². The molecular weight excluding hydrogens is 280 g/mol. The normalized spacial score (nSPS) is 10.5. The molecule has 0 unspecified atom stereocenters. The van der Waals surface area contributed by atoms with E-state index < -0.39 is 4.92 Å². The molecule has 2 N–H and O–H groups in total. The zero-order valence-corrected chi connectivity index (χ0v) is 11.7. The summed E-state index contributed by atoms with van der Waals surface area (Å²) in [7, 11) is 1.40. The van der Waals surface area contributed by atoms with Crippen LogP contribution in [0.5, 0.6) is 5.75 Å². The number of aromatic nitrogens is 2. The standard InChI is InChI=1S/C12H14N4O3S/c1-19-10-5-4-8(7-9(10)16(17)18)12-15-14-11(20-12)3-2-6-13/h4-5,7H,2-3,6,13H2,1H3. The van der Waals surface area contributed by atoms with Gasteiger partial charge in [0.2, 0.25) is 0 Å². The number of nitrogens with zero attached hydrogens (tertiary/aromatic N) is 3. The zero-order valence-electron chi connectivity index (χ0n) is 10.9. The van der Waals surface area contributed by atoms with Gasteiger partial charge in [-0.2, -0.15) is 0 Å². The van der Waals surface area contributed by atoms with Gasteiger partial charge in [0.25, 0.3) is 0 Å². The molecule has 8 heteroatoms. The van der Waals surface area contributed by atoms with Gasteiger partial charge in [-0.05, 0) is 25.1 Å². The van der Waals surface area contributed by atoms with Gasteiger partial charge < -0.3 is 10.5 Å². The van der Waals surface area contributed by atoms with E-state index in [1.807, 2.05) is 0 Å². The molecule has 0 radical (unpaired) electrons. The second kappa shape index (κ2) is 6.40. The molecule has 0 saturated carbocycles. The number of methoxy groups -OCH3 is 1. The van der Waals surface area contributed by atoms with E-state index in [0.717, 1.165) is 17.8 Å². The van der Waals surface area contributed by atoms with Crippen molar-refractivity contribution in [1.29, 1.82) is 0 Å². The van der Waals surface area contributed by atoms with Crippen LogP contribution in [0.25, 0.3) is 10.6 Å². The monoisotopic (exact) mass is 294 g/mol. The topological polar surface area (TPSA) is 104 Å². The van der Waals surface area contributed by atoms with E-state index in [9.17, 15) is 10.1 Å². The Morgan fingerprint density at radius 3 is 2.90 bits per heavy atom. The van der Waals surface area contributed by atoms with E-state index in [0.29, 0.717) is 17.1 Å². The van der Waals surface area contributed by atoms with Gasteiger partial charge in [0.1, 0.15) is 10.0 Å². The van der Waals surface area contributed by atoms with Crippen molar-refractivity contribution < 1.29 is 9.66 Å². The highest BCUT2D eigenvalue weighted by atomic mass is 32.1. The first-order valence-corrected chi connectivity index (χ1v) is 6.82. The smallest absolute Gasteiger partial charge is 0.311 e. The number of benzene rings is 1. The first kappa shape index (κ1) is 14.4. The third kappa shape index (κ3) is 3.09. The summed E-state index contributed by atoms with van der Waals surface area (Å²) in [6.07, 6.45) is 1.61. The SMILES string of the molecule is COc1ccc(-c2nnc(CCCN)s2)cc1[N+](=O)[O-]. The van der Waals surface area contributed by atoms with Gasteiger partial charge in [0, 0.05) is 18.1 Å². The lowest BCUT2D eigenvalue weighted by Gasteiger charge is -2.02. The molecule has 1 aromatic heterocycles. The Labute approximate surface area is 119 Å². The Balaban J connectivity index is 2.30. The fourth-order valence-electron chi connectivity index (χ4n) is 1.69. The van der Waals surface area contributed by atoms with Crippen LogP contribution in [0.3, 0.4) is 0 Å². The van der Waals surface area contributed by atoms with Crippen molar-refractivity contribution in [3.8, 4) is 16.3 Å². The number of nitro groups is 1. The van der Waals surface area contributed by atoms with Gasteiger partial charge in [0.05, 0.1) is 12.0 Å². The van der Waals surface area contributed by atoms with E-state index in [1.54, 1.807) is 12.1 Å². The molecule has 7 nitrogen and oxygen atoms in total. The highest BCUT2D eigenvalue weighted by molar-refractivity contribution is 7.14. The van der Waals surface area contributed by atoms with Crippen molar-refractivity contribution in [2.75, 3.05) is 13.7 Å². The molecule has 2 rings (SSSR count). The molecule has 0 spiro atoms. The summed E-state index contributed by atoms with van der Waals surface area (Å²) < 4.78 is 4.97. The number of hydrogen-bond acceptors (Lipinski definition) is 7. The van der Waals surface area contributed by atoms with E-state index in [1.165, 1.54) is 24.5 Å². The van der Waals surface area contributed by atoms with Crippen LogP contribution in [0, 0.1) is 10.1 Å². The van der Waals surface area contributed by atoms with Gasteiger partial charge in [-0.15, -0.1) is 10.2 Å². The molecule has 0 amide bonds. The van der Waals surface area contributed by atoms with E-state index in [4.69, 9.17) is 10.5 Å². The Kier molecular flexibility index (Phi) is 4.59. The molecule has 0 saturated heterocycles. The average Bonchev–Trinajstić information content (AvgIpc) is 2.93. The van der Waals surface area contributed by atoms with Gasteiger partial charge in [-0.3, -0.25) is 10.1 Å². The highest BCUT2D eigenvalue weighted by Crippen LogP contribution is 2.33. The Morgan fingerprint density at radius 1 is 1.45 bits per heavy atom. The van der Waals surface area contributed by atoms with Crippen LogP contribution in [0.1, 0.15) is 11.4 Å². The first-order chi connectivity index (χ1) is 9.65. The largest absolute Gasteiger partial charge is 0.490 e. The number of aryl methyl sites for hydroxylation is 1. The maximum atomic E-state index is 11.0. The molecule has 1 heterocycles. The molecule has 0 aliphatic carbocycles. The summed E-state index contributed by atoms with van der Waals surface area (Å²) in [4.78, 5) is 10.5. The maximum absolute atomic E-state index is 11.0. The third-order valence-electron chi connectivity index (χ3n) is 2.68. The minimum atomic E-state index is -0.474. The lowest BCUT2D eigenvalue weighted by Crippen LogP contribution is -1.99. The lowest BCUT2D eigenvalue weighted by atomic mass is 10.2.